The summed E-state index contributed by atoms with van der Waals surface area (Å²) in [6, 6.07) is 16.8. The van der Waals surface area contributed by atoms with E-state index < -0.39 is 0 Å². The summed E-state index contributed by atoms with van der Waals surface area (Å²) in [6.45, 7) is 0. The van der Waals surface area contributed by atoms with Gasteiger partial charge >= 0.3 is 0 Å². The van der Waals surface area contributed by atoms with Crippen LogP contribution < -0.4 is 9.64 Å². The van der Waals surface area contributed by atoms with E-state index in [1.807, 2.05) is 44.4 Å². The molecule has 0 spiro atoms. The molecule has 0 amide bonds. The van der Waals surface area contributed by atoms with Gasteiger partial charge in [0, 0.05) is 25.2 Å². The van der Waals surface area contributed by atoms with Crippen LogP contribution in [0.15, 0.2) is 66.7 Å². The van der Waals surface area contributed by atoms with Gasteiger partial charge in [-0.3, -0.25) is 9.59 Å². The van der Waals surface area contributed by atoms with Gasteiger partial charge in [0.2, 0.25) is 0 Å². The van der Waals surface area contributed by atoms with Gasteiger partial charge in [-0.25, -0.2) is 0 Å². The number of nitrogens with zero attached hydrogens (tertiary/aromatic N) is 1. The first-order valence-electron chi connectivity index (χ1n) is 9.87. The van der Waals surface area contributed by atoms with Crippen molar-refractivity contribution in [1.82, 2.24) is 0 Å². The lowest BCUT2D eigenvalue weighted by atomic mass is 10.0. The van der Waals surface area contributed by atoms with Crippen molar-refractivity contribution >= 4 is 40.2 Å². The van der Waals surface area contributed by atoms with Crippen LogP contribution in [0.2, 0.25) is 0 Å². The Labute approximate surface area is 181 Å². The number of rotatable bonds is 8. The number of carbonyl (C=O) groups is 2. The van der Waals surface area contributed by atoms with Gasteiger partial charge in [-0.2, -0.15) is 0 Å². The van der Waals surface area contributed by atoms with Gasteiger partial charge in [0.25, 0.3) is 0 Å². The smallest absolute Gasteiger partial charge is 0.163 e. The van der Waals surface area contributed by atoms with Crippen LogP contribution in [0.3, 0.4) is 0 Å². The number of benzene rings is 3. The van der Waals surface area contributed by atoms with Gasteiger partial charge in [0.1, 0.15) is 0 Å². The highest BCUT2D eigenvalue weighted by molar-refractivity contribution is 6.11. The van der Waals surface area contributed by atoms with Crippen LogP contribution in [0, 0.1) is 0 Å². The maximum absolute atomic E-state index is 12.3. The molecular formula is C26H25NO4. The SMILES string of the molecule is COc1cc(C=CC(=O)CC(=O)C=Cc2ccc(N(C)C)c3ccccc23)ccc1O. The van der Waals surface area contributed by atoms with Gasteiger partial charge in [0.05, 0.1) is 13.5 Å². The summed E-state index contributed by atoms with van der Waals surface area (Å²) in [5.41, 5.74) is 2.72. The van der Waals surface area contributed by atoms with Crippen molar-refractivity contribution in [2.45, 2.75) is 6.42 Å². The summed E-state index contributed by atoms with van der Waals surface area (Å²) in [5, 5.41) is 11.8. The van der Waals surface area contributed by atoms with E-state index in [0.29, 0.717) is 11.3 Å². The number of hydrogen-bond acceptors (Lipinski definition) is 5. The molecule has 0 heterocycles. The van der Waals surface area contributed by atoms with Crippen LogP contribution in [0.4, 0.5) is 5.69 Å². The first kappa shape index (κ1) is 21.8. The Balaban J connectivity index is 1.69. The van der Waals surface area contributed by atoms with Crippen LogP contribution in [-0.2, 0) is 9.59 Å². The van der Waals surface area contributed by atoms with Crippen molar-refractivity contribution in [2.24, 2.45) is 0 Å². The molecular weight excluding hydrogens is 390 g/mol. The second-order valence-electron chi connectivity index (χ2n) is 7.32. The van der Waals surface area contributed by atoms with E-state index in [1.54, 1.807) is 24.3 Å². The summed E-state index contributed by atoms with van der Waals surface area (Å²) in [5.74, 6) is -0.216. The maximum Gasteiger partial charge on any atom is 0.163 e. The van der Waals surface area contributed by atoms with Gasteiger partial charge in [-0.15, -0.1) is 0 Å². The molecule has 0 aliphatic heterocycles. The molecule has 5 heteroatoms. The monoisotopic (exact) mass is 415 g/mol. The number of carbonyl (C=O) groups excluding carboxylic acids is 2. The predicted octanol–water partition coefficient (Wildman–Crippen LogP) is 4.87. The zero-order chi connectivity index (χ0) is 22.4. The molecule has 0 aromatic heterocycles. The predicted molar refractivity (Wildman–Crippen MR) is 126 cm³/mol. The number of phenolic OH excluding ortho intramolecular Hbond substituents is 1. The average Bonchev–Trinajstić information content (AvgIpc) is 2.76. The molecule has 0 radical (unpaired) electrons. The summed E-state index contributed by atoms with van der Waals surface area (Å²) in [7, 11) is 5.44. The van der Waals surface area contributed by atoms with Crippen LogP contribution in [0.25, 0.3) is 22.9 Å². The van der Waals surface area contributed by atoms with E-state index in [-0.39, 0.29) is 23.7 Å². The maximum atomic E-state index is 12.3. The van der Waals surface area contributed by atoms with E-state index in [4.69, 9.17) is 4.74 Å². The van der Waals surface area contributed by atoms with Crippen molar-refractivity contribution < 1.29 is 19.4 Å². The van der Waals surface area contributed by atoms with Gasteiger partial charge in [-0.1, -0.05) is 48.6 Å². The molecule has 158 valence electrons. The van der Waals surface area contributed by atoms with Crippen molar-refractivity contribution in [3.8, 4) is 11.5 Å². The van der Waals surface area contributed by atoms with Crippen LogP contribution in [-0.4, -0.2) is 37.9 Å². The number of hydrogen-bond donors (Lipinski definition) is 1. The minimum Gasteiger partial charge on any atom is -0.504 e. The normalized spacial score (nSPS) is 11.3. The number of allylic oxidation sites excluding steroid dienone is 2. The lowest BCUT2D eigenvalue weighted by Crippen LogP contribution is -2.09. The Bertz CT molecular complexity index is 1180. The number of phenols is 1. The summed E-state index contributed by atoms with van der Waals surface area (Å²) >= 11 is 0. The molecule has 0 saturated carbocycles. The minimum absolute atomic E-state index is 0.0254. The molecule has 0 bridgehead atoms. The zero-order valence-corrected chi connectivity index (χ0v) is 17.8. The Morgan fingerprint density at radius 1 is 0.935 bits per heavy atom. The fraction of sp³-hybridized carbons (Fsp3) is 0.154. The molecule has 0 aliphatic rings. The second-order valence-corrected chi connectivity index (χ2v) is 7.32. The quantitative estimate of drug-likeness (QED) is 0.420. The van der Waals surface area contributed by atoms with Gasteiger partial charge in [0.15, 0.2) is 23.1 Å². The number of aromatic hydroxyl groups is 1. The van der Waals surface area contributed by atoms with E-state index >= 15 is 0 Å². The number of fused-ring (bicyclic) bond motifs is 1. The third kappa shape index (κ3) is 5.39. The largest absolute Gasteiger partial charge is 0.504 e. The number of methoxy groups -OCH3 is 1. The van der Waals surface area contributed by atoms with E-state index in [0.717, 1.165) is 22.0 Å². The fourth-order valence-electron chi connectivity index (χ4n) is 3.30. The molecule has 3 rings (SSSR count). The second kappa shape index (κ2) is 9.76. The minimum atomic E-state index is -0.297. The summed E-state index contributed by atoms with van der Waals surface area (Å²) < 4.78 is 5.05. The van der Waals surface area contributed by atoms with E-state index in [1.165, 1.54) is 25.3 Å². The van der Waals surface area contributed by atoms with Gasteiger partial charge in [-0.05, 0) is 46.9 Å². The highest BCUT2D eigenvalue weighted by Gasteiger charge is 2.08. The van der Waals surface area contributed by atoms with E-state index in [9.17, 15) is 14.7 Å². The topological polar surface area (TPSA) is 66.8 Å². The first-order chi connectivity index (χ1) is 14.9. The number of ether oxygens (including phenoxy) is 1. The van der Waals surface area contributed by atoms with Crippen LogP contribution in [0.1, 0.15) is 17.5 Å². The molecule has 3 aromatic carbocycles. The summed E-state index contributed by atoms with van der Waals surface area (Å²) in [4.78, 5) is 26.5. The molecule has 0 atom stereocenters. The van der Waals surface area contributed by atoms with Gasteiger partial charge < -0.3 is 14.7 Å². The molecule has 0 aliphatic carbocycles. The zero-order valence-electron chi connectivity index (χ0n) is 17.8. The first-order valence-corrected chi connectivity index (χ1v) is 9.87. The summed E-state index contributed by atoms with van der Waals surface area (Å²) in [6.07, 6.45) is 5.95. The fourth-order valence-corrected chi connectivity index (χ4v) is 3.30. The lowest BCUT2D eigenvalue weighted by Gasteiger charge is -2.16. The Morgan fingerprint density at radius 2 is 1.61 bits per heavy atom. The van der Waals surface area contributed by atoms with E-state index in [2.05, 4.69) is 11.0 Å². The number of ketones is 2. The third-order valence-electron chi connectivity index (χ3n) is 4.88. The van der Waals surface area contributed by atoms with Crippen LogP contribution >= 0.6 is 0 Å². The Kier molecular flexibility index (Phi) is 6.88. The third-order valence-corrected chi connectivity index (χ3v) is 4.88. The van der Waals surface area contributed by atoms with Crippen molar-refractivity contribution in [2.75, 3.05) is 26.1 Å². The molecule has 0 saturated heterocycles. The standard InChI is InChI=1S/C26H25NO4/c1-27(2)24-14-11-19(22-6-4-5-7-23(22)24)10-13-21(29)17-20(28)12-8-18-9-15-25(30)26(16-18)31-3/h4-16,30H,17H2,1-3H3. The van der Waals surface area contributed by atoms with Crippen molar-refractivity contribution in [3.63, 3.8) is 0 Å². The number of anilines is 1. The van der Waals surface area contributed by atoms with Crippen LogP contribution in [0.5, 0.6) is 11.5 Å². The molecule has 3 aromatic rings. The molecule has 0 fully saturated rings. The Hall–Kier alpha value is -3.86. The van der Waals surface area contributed by atoms with Crippen molar-refractivity contribution in [3.05, 3.63) is 77.9 Å². The Morgan fingerprint density at radius 3 is 2.29 bits per heavy atom. The molecule has 0 unspecified atom stereocenters. The van der Waals surface area contributed by atoms with Crippen molar-refractivity contribution in [1.29, 1.82) is 0 Å². The molecule has 1 N–H and O–H groups in total. The average molecular weight is 415 g/mol. The lowest BCUT2D eigenvalue weighted by molar-refractivity contribution is -0.121. The highest BCUT2D eigenvalue weighted by atomic mass is 16.5. The molecule has 31 heavy (non-hydrogen) atoms. The molecule has 5 nitrogen and oxygen atoms in total. The highest BCUT2D eigenvalue weighted by Crippen LogP contribution is 2.29.